The number of nitrogens with zero attached hydrogens (tertiary/aromatic N) is 1. The number of carbonyl (C=O) groups is 2. The monoisotopic (exact) mass is 324 g/mol. The van der Waals surface area contributed by atoms with Crippen LogP contribution in [0.25, 0.3) is 0 Å². The molecule has 1 saturated heterocycles. The maximum absolute atomic E-state index is 12.5. The Labute approximate surface area is 135 Å². The molecule has 22 heavy (non-hydrogen) atoms. The standard InChI is InChI=1S/C16H21ClN2O3/c1-10(2)15(21)18-12-3-4-14(17)13(7-12)16(22)19-6-5-11(8-19)9-20/h3-4,7,10-11,20H,5-6,8-9H2,1-2H3,(H,18,21). The summed E-state index contributed by atoms with van der Waals surface area (Å²) in [5.41, 5.74) is 0.936. The summed E-state index contributed by atoms with van der Waals surface area (Å²) in [6.07, 6.45) is 0.795. The molecule has 1 aliphatic rings. The van der Waals surface area contributed by atoms with Gasteiger partial charge in [0.25, 0.3) is 5.91 Å². The summed E-state index contributed by atoms with van der Waals surface area (Å²) in [7, 11) is 0. The SMILES string of the molecule is CC(C)C(=O)Nc1ccc(Cl)c(C(=O)N2CCC(CO)C2)c1. The average molecular weight is 325 g/mol. The Hall–Kier alpha value is -1.59. The Morgan fingerprint density at radius 2 is 2.18 bits per heavy atom. The summed E-state index contributed by atoms with van der Waals surface area (Å²) in [5.74, 6) is -0.283. The first kappa shape index (κ1) is 16.8. The van der Waals surface area contributed by atoms with E-state index in [-0.39, 0.29) is 30.3 Å². The molecule has 1 heterocycles. The van der Waals surface area contributed by atoms with Crippen LogP contribution in [0.4, 0.5) is 5.69 Å². The molecular weight excluding hydrogens is 304 g/mol. The van der Waals surface area contributed by atoms with Gasteiger partial charge in [0, 0.05) is 37.2 Å². The van der Waals surface area contributed by atoms with E-state index in [9.17, 15) is 14.7 Å². The number of aliphatic hydroxyl groups is 1. The molecule has 2 amide bonds. The highest BCUT2D eigenvalue weighted by atomic mass is 35.5. The van der Waals surface area contributed by atoms with Crippen molar-refractivity contribution in [3.05, 3.63) is 28.8 Å². The third-order valence-corrected chi connectivity index (χ3v) is 4.15. The second kappa shape index (κ2) is 7.11. The van der Waals surface area contributed by atoms with E-state index in [2.05, 4.69) is 5.32 Å². The van der Waals surface area contributed by atoms with Gasteiger partial charge >= 0.3 is 0 Å². The van der Waals surface area contributed by atoms with Gasteiger partial charge in [-0.15, -0.1) is 0 Å². The molecule has 0 spiro atoms. The molecule has 0 aromatic heterocycles. The molecule has 0 aliphatic carbocycles. The van der Waals surface area contributed by atoms with Crippen molar-refractivity contribution >= 4 is 29.1 Å². The molecule has 6 heteroatoms. The van der Waals surface area contributed by atoms with Gasteiger partial charge < -0.3 is 15.3 Å². The van der Waals surface area contributed by atoms with Crippen molar-refractivity contribution in [3.8, 4) is 0 Å². The topological polar surface area (TPSA) is 69.6 Å². The molecule has 2 N–H and O–H groups in total. The lowest BCUT2D eigenvalue weighted by molar-refractivity contribution is -0.118. The number of hydrogen-bond donors (Lipinski definition) is 2. The Kier molecular flexibility index (Phi) is 5.42. The molecule has 120 valence electrons. The summed E-state index contributed by atoms with van der Waals surface area (Å²) >= 11 is 6.13. The Morgan fingerprint density at radius 1 is 1.45 bits per heavy atom. The Bertz CT molecular complexity index is 575. The minimum absolute atomic E-state index is 0.0853. The number of nitrogens with one attached hydrogen (secondary N) is 1. The fourth-order valence-electron chi connectivity index (χ4n) is 2.39. The van der Waals surface area contributed by atoms with Crippen LogP contribution in [-0.2, 0) is 4.79 Å². The molecule has 0 bridgehead atoms. The van der Waals surface area contributed by atoms with E-state index in [4.69, 9.17) is 11.6 Å². The predicted octanol–water partition coefficient (Wildman–Crippen LogP) is 2.39. The minimum Gasteiger partial charge on any atom is -0.396 e. The third kappa shape index (κ3) is 3.78. The van der Waals surface area contributed by atoms with Crippen LogP contribution in [0.5, 0.6) is 0 Å². The molecule has 1 atom stereocenters. The Morgan fingerprint density at radius 3 is 2.77 bits per heavy atom. The smallest absolute Gasteiger partial charge is 0.255 e. The van der Waals surface area contributed by atoms with Gasteiger partial charge in [-0.3, -0.25) is 9.59 Å². The zero-order chi connectivity index (χ0) is 16.3. The van der Waals surface area contributed by atoms with Crippen LogP contribution in [-0.4, -0.2) is 41.5 Å². The summed E-state index contributed by atoms with van der Waals surface area (Å²) in [6, 6.07) is 4.90. The molecule has 0 saturated carbocycles. The van der Waals surface area contributed by atoms with Gasteiger partial charge in [-0.05, 0) is 24.6 Å². The van der Waals surface area contributed by atoms with Crippen LogP contribution >= 0.6 is 11.6 Å². The van der Waals surface area contributed by atoms with Crippen LogP contribution in [0.3, 0.4) is 0 Å². The number of rotatable bonds is 4. The van der Waals surface area contributed by atoms with E-state index in [1.165, 1.54) is 0 Å². The number of benzene rings is 1. The van der Waals surface area contributed by atoms with Gasteiger partial charge in [0.1, 0.15) is 0 Å². The van der Waals surface area contributed by atoms with Crippen molar-refractivity contribution in [2.75, 3.05) is 25.0 Å². The average Bonchev–Trinajstić information content (AvgIpc) is 2.97. The second-order valence-corrected chi connectivity index (χ2v) is 6.33. The van der Waals surface area contributed by atoms with Crippen molar-refractivity contribution < 1.29 is 14.7 Å². The van der Waals surface area contributed by atoms with Gasteiger partial charge in [-0.2, -0.15) is 0 Å². The van der Waals surface area contributed by atoms with Crippen LogP contribution in [0.15, 0.2) is 18.2 Å². The molecule has 1 aromatic carbocycles. The van der Waals surface area contributed by atoms with Crippen LogP contribution in [0, 0.1) is 11.8 Å². The predicted molar refractivity (Wildman–Crippen MR) is 86.0 cm³/mol. The summed E-state index contributed by atoms with van der Waals surface area (Å²) < 4.78 is 0. The first-order chi connectivity index (χ1) is 10.4. The summed E-state index contributed by atoms with van der Waals surface area (Å²) in [5, 5.41) is 12.3. The number of anilines is 1. The number of hydrogen-bond acceptors (Lipinski definition) is 3. The molecule has 1 fully saturated rings. The zero-order valence-electron chi connectivity index (χ0n) is 12.8. The third-order valence-electron chi connectivity index (χ3n) is 3.82. The van der Waals surface area contributed by atoms with E-state index in [1.54, 1.807) is 36.9 Å². The second-order valence-electron chi connectivity index (χ2n) is 5.93. The van der Waals surface area contributed by atoms with Crippen molar-refractivity contribution in [1.82, 2.24) is 4.90 Å². The zero-order valence-corrected chi connectivity index (χ0v) is 13.6. The lowest BCUT2D eigenvalue weighted by atomic mass is 10.1. The molecule has 2 rings (SSSR count). The van der Waals surface area contributed by atoms with E-state index >= 15 is 0 Å². The lowest BCUT2D eigenvalue weighted by Crippen LogP contribution is -2.29. The largest absolute Gasteiger partial charge is 0.396 e. The number of halogens is 1. The van der Waals surface area contributed by atoms with Crippen molar-refractivity contribution in [1.29, 1.82) is 0 Å². The molecule has 1 aliphatic heterocycles. The van der Waals surface area contributed by atoms with Gasteiger partial charge in [0.05, 0.1) is 10.6 Å². The fourth-order valence-corrected chi connectivity index (χ4v) is 2.59. The minimum atomic E-state index is -0.165. The van der Waals surface area contributed by atoms with Crippen LogP contribution < -0.4 is 5.32 Å². The Balaban J connectivity index is 2.16. The molecule has 1 aromatic rings. The highest BCUT2D eigenvalue weighted by Gasteiger charge is 2.27. The van der Waals surface area contributed by atoms with Gasteiger partial charge in [0.2, 0.25) is 5.91 Å². The van der Waals surface area contributed by atoms with Gasteiger partial charge in [-0.1, -0.05) is 25.4 Å². The van der Waals surface area contributed by atoms with E-state index in [1.807, 2.05) is 0 Å². The summed E-state index contributed by atoms with van der Waals surface area (Å²) in [6.45, 7) is 4.84. The number of carbonyl (C=O) groups excluding carboxylic acids is 2. The molecule has 0 radical (unpaired) electrons. The number of aliphatic hydroxyl groups excluding tert-OH is 1. The van der Waals surface area contributed by atoms with Crippen LogP contribution in [0.2, 0.25) is 5.02 Å². The number of likely N-dealkylation sites (tertiary alicyclic amines) is 1. The number of amides is 2. The fraction of sp³-hybridized carbons (Fsp3) is 0.500. The summed E-state index contributed by atoms with van der Waals surface area (Å²) in [4.78, 5) is 26.0. The van der Waals surface area contributed by atoms with E-state index in [0.717, 1.165) is 6.42 Å². The highest BCUT2D eigenvalue weighted by Crippen LogP contribution is 2.25. The maximum atomic E-state index is 12.5. The molecular formula is C16H21ClN2O3. The molecule has 5 nitrogen and oxygen atoms in total. The van der Waals surface area contributed by atoms with E-state index in [0.29, 0.717) is 29.4 Å². The normalized spacial score (nSPS) is 17.9. The maximum Gasteiger partial charge on any atom is 0.255 e. The quantitative estimate of drug-likeness (QED) is 0.893. The lowest BCUT2D eigenvalue weighted by Gasteiger charge is -2.18. The van der Waals surface area contributed by atoms with Crippen molar-refractivity contribution in [2.45, 2.75) is 20.3 Å². The molecule has 1 unspecified atom stereocenters. The first-order valence-electron chi connectivity index (χ1n) is 7.43. The van der Waals surface area contributed by atoms with Crippen LogP contribution in [0.1, 0.15) is 30.6 Å². The van der Waals surface area contributed by atoms with E-state index < -0.39 is 0 Å². The van der Waals surface area contributed by atoms with Crippen molar-refractivity contribution in [3.63, 3.8) is 0 Å². The van der Waals surface area contributed by atoms with Gasteiger partial charge in [-0.25, -0.2) is 0 Å². The van der Waals surface area contributed by atoms with Gasteiger partial charge in [0.15, 0.2) is 0 Å². The highest BCUT2D eigenvalue weighted by molar-refractivity contribution is 6.34. The van der Waals surface area contributed by atoms with Crippen molar-refractivity contribution in [2.24, 2.45) is 11.8 Å². The first-order valence-corrected chi connectivity index (χ1v) is 7.80.